The van der Waals surface area contributed by atoms with Crippen molar-refractivity contribution in [3.63, 3.8) is 0 Å². The number of hydrogen-bond acceptors (Lipinski definition) is 14. The Labute approximate surface area is 315 Å². The van der Waals surface area contributed by atoms with E-state index in [9.17, 15) is 19.8 Å². The van der Waals surface area contributed by atoms with E-state index in [2.05, 4.69) is 40.4 Å². The third kappa shape index (κ3) is 9.98. The van der Waals surface area contributed by atoms with Crippen LogP contribution in [0.4, 0.5) is 23.0 Å². The number of carbonyl (C=O) groups is 2. The number of benzene rings is 2. The third-order valence-electron chi connectivity index (χ3n) is 7.17. The summed E-state index contributed by atoms with van der Waals surface area (Å²) in [6, 6.07) is 19.5. The first-order valence-electron chi connectivity index (χ1n) is 16.2. The van der Waals surface area contributed by atoms with E-state index in [-0.39, 0.29) is 51.3 Å². The molecule has 0 saturated heterocycles. The van der Waals surface area contributed by atoms with Crippen molar-refractivity contribution in [1.82, 2.24) is 19.9 Å². The van der Waals surface area contributed by atoms with Gasteiger partial charge in [0.15, 0.2) is 11.6 Å². The minimum atomic E-state index is -0.508. The second-order valence-corrected chi connectivity index (χ2v) is 11.9. The summed E-state index contributed by atoms with van der Waals surface area (Å²) in [5.74, 6) is -0.620. The molecule has 2 aromatic carbocycles. The summed E-state index contributed by atoms with van der Waals surface area (Å²) in [7, 11) is 0. The summed E-state index contributed by atoms with van der Waals surface area (Å²) >= 11 is 0. The zero-order valence-corrected chi connectivity index (χ0v) is 30.6. The average Bonchev–Trinajstić information content (AvgIpc) is 3.11. The van der Waals surface area contributed by atoms with Gasteiger partial charge < -0.3 is 19.7 Å². The van der Waals surface area contributed by atoms with Crippen LogP contribution in [0.3, 0.4) is 0 Å². The molecule has 0 aliphatic heterocycles. The molecule has 274 valence electrons. The van der Waals surface area contributed by atoms with E-state index in [0.717, 1.165) is 0 Å². The maximum Gasteiger partial charge on any atom is 0.340 e. The van der Waals surface area contributed by atoms with Gasteiger partial charge in [-0.3, -0.25) is 0 Å². The zero-order chi connectivity index (χ0) is 37.4. The van der Waals surface area contributed by atoms with Crippen LogP contribution in [-0.4, -0.2) is 44.1 Å². The Morgan fingerprint density at radius 1 is 0.604 bits per heavy atom. The van der Waals surface area contributed by atoms with Crippen molar-refractivity contribution in [3.05, 3.63) is 108 Å². The molecule has 0 bridgehead atoms. The number of esters is 2. The van der Waals surface area contributed by atoms with Gasteiger partial charge in [0.2, 0.25) is 0 Å². The van der Waals surface area contributed by atoms with E-state index in [1.165, 1.54) is 24.3 Å². The number of carbonyl (C=O) groups excluding carboxylic acids is 2. The van der Waals surface area contributed by atoms with Crippen LogP contribution in [0.2, 0.25) is 0 Å². The molecule has 53 heavy (non-hydrogen) atoms. The Morgan fingerprint density at radius 3 is 1.34 bits per heavy atom. The number of aromatic nitrogens is 4. The smallest absolute Gasteiger partial charge is 0.340 e. The van der Waals surface area contributed by atoms with Crippen LogP contribution >= 0.6 is 0 Å². The van der Waals surface area contributed by atoms with Crippen LogP contribution in [0, 0.1) is 13.8 Å². The number of azo groups is 2. The van der Waals surface area contributed by atoms with Crippen molar-refractivity contribution in [2.45, 2.75) is 53.8 Å². The van der Waals surface area contributed by atoms with Crippen LogP contribution < -0.4 is 10.2 Å². The predicted molar refractivity (Wildman–Crippen MR) is 190 cm³/mol. The Morgan fingerprint density at radius 2 is 1.00 bits per heavy atom. The van der Waals surface area contributed by atoms with Crippen molar-refractivity contribution in [3.8, 4) is 11.5 Å². The molecule has 0 saturated carbocycles. The number of ether oxygens (including phenoxy) is 2. The first-order chi connectivity index (χ1) is 24.9. The van der Waals surface area contributed by atoms with Gasteiger partial charge in [0.05, 0.1) is 45.8 Å². The molecule has 0 aliphatic rings. The van der Waals surface area contributed by atoms with Crippen molar-refractivity contribution in [2.24, 2.45) is 20.5 Å². The second-order valence-electron chi connectivity index (χ2n) is 11.9. The van der Waals surface area contributed by atoms with E-state index in [4.69, 9.17) is 9.47 Å². The fourth-order valence-corrected chi connectivity index (χ4v) is 4.79. The summed E-state index contributed by atoms with van der Waals surface area (Å²) in [5.41, 5.74) is 3.08. The van der Waals surface area contributed by atoms with Gasteiger partial charge in [-0.1, -0.05) is 35.8 Å². The minimum Gasteiger partial charge on any atom is -0.872 e. The van der Waals surface area contributed by atoms with Crippen molar-refractivity contribution in [1.29, 1.82) is 0 Å². The number of aryl methyl sites for hydroxylation is 2. The molecule has 0 unspecified atom stereocenters. The van der Waals surface area contributed by atoms with Gasteiger partial charge in [-0.15, -0.1) is 20.5 Å². The first kappa shape index (κ1) is 39.6. The Balaban J connectivity index is 0.000000232. The minimum absolute atomic E-state index is 0. The van der Waals surface area contributed by atoms with E-state index >= 15 is 0 Å². The van der Waals surface area contributed by atoms with Gasteiger partial charge >= 0.3 is 11.9 Å². The maximum absolute atomic E-state index is 12.2. The van der Waals surface area contributed by atoms with Gasteiger partial charge in [-0.25, -0.2) is 29.5 Å². The van der Waals surface area contributed by atoms with E-state index in [0.29, 0.717) is 56.2 Å². The quantitative estimate of drug-likeness (QED) is 0.0833. The van der Waals surface area contributed by atoms with Gasteiger partial charge in [-0.05, 0) is 101 Å². The molecule has 6 rings (SSSR count). The van der Waals surface area contributed by atoms with E-state index in [1.807, 2.05) is 0 Å². The maximum atomic E-state index is 12.2. The fourth-order valence-electron chi connectivity index (χ4n) is 4.79. The summed E-state index contributed by atoms with van der Waals surface area (Å²) in [6.07, 6.45) is 2.70. The fraction of sp³-hybridized carbons (Fsp3) is 0.211. The zero-order valence-electron chi connectivity index (χ0n) is 29.6. The summed E-state index contributed by atoms with van der Waals surface area (Å²) in [4.78, 5) is 41.4. The number of pyridine rings is 4. The Hall–Kier alpha value is -6.21. The third-order valence-corrected chi connectivity index (χ3v) is 7.17. The van der Waals surface area contributed by atoms with Gasteiger partial charge in [-0.2, -0.15) is 0 Å². The normalized spacial score (nSPS) is 11.2. The number of rotatable bonds is 8. The first-order valence-corrected chi connectivity index (χ1v) is 16.2. The monoisotopic (exact) mass is 756 g/mol. The molecule has 0 N–H and O–H groups in total. The number of nitrogens with zero attached hydrogens (tertiary/aromatic N) is 8. The van der Waals surface area contributed by atoms with E-state index < -0.39 is 11.9 Å². The molecule has 0 amide bonds. The molecular weight excluding hydrogens is 723 g/mol. The molecule has 4 heterocycles. The van der Waals surface area contributed by atoms with E-state index in [1.54, 1.807) is 102 Å². The van der Waals surface area contributed by atoms with Gasteiger partial charge in [0, 0.05) is 28.9 Å². The number of fused-ring (bicyclic) bond motifs is 2. The molecule has 4 aromatic heterocycles. The molecule has 0 spiro atoms. The molecule has 0 atom stereocenters. The molecule has 15 heteroatoms. The number of hydrogen-bond donors (Lipinski definition) is 0. The molecule has 6 aromatic rings. The van der Waals surface area contributed by atoms with Crippen LogP contribution in [0.1, 0.15) is 59.8 Å². The van der Waals surface area contributed by atoms with Crippen LogP contribution in [0.5, 0.6) is 11.5 Å². The Kier molecular flexibility index (Phi) is 13.3. The largest absolute Gasteiger partial charge is 0.872 e. The molecule has 0 fully saturated rings. The summed E-state index contributed by atoms with van der Waals surface area (Å²) in [6.45, 7) is 10.4. The Bertz CT molecular complexity index is 2140. The molecular formula is C38H34N8NiO6-2. The van der Waals surface area contributed by atoms with Crippen molar-refractivity contribution >= 4 is 56.8 Å². The second kappa shape index (κ2) is 17.8. The van der Waals surface area contributed by atoms with Crippen LogP contribution in [0.25, 0.3) is 21.8 Å². The van der Waals surface area contributed by atoms with Gasteiger partial charge in [0.1, 0.15) is 11.4 Å². The van der Waals surface area contributed by atoms with Crippen LogP contribution in [-0.2, 0) is 26.0 Å². The summed E-state index contributed by atoms with van der Waals surface area (Å²) < 4.78 is 10.4. The molecule has 0 radical (unpaired) electrons. The standard InChI is InChI=1S/2C19H18N4O3.Ni/c2*1-11(2)26-19(25)13-10-14-16(24)8-7-15(18(14)21-12(13)3)22-23-17-6-4-5-9-20-17;/h2*4-11,24H,1-3H3;/p-2. The van der Waals surface area contributed by atoms with Crippen molar-refractivity contribution in [2.75, 3.05) is 0 Å². The molecule has 14 nitrogen and oxygen atoms in total. The summed E-state index contributed by atoms with van der Waals surface area (Å²) in [5, 5.41) is 41.5. The topological polar surface area (TPSA) is 200 Å². The predicted octanol–water partition coefficient (Wildman–Crippen LogP) is 7.98. The van der Waals surface area contributed by atoms with Gasteiger partial charge in [0.25, 0.3) is 0 Å². The average molecular weight is 757 g/mol. The molecule has 0 aliphatic carbocycles. The van der Waals surface area contributed by atoms with Crippen LogP contribution in [0.15, 0.2) is 106 Å². The van der Waals surface area contributed by atoms with Crippen molar-refractivity contribution < 1.29 is 45.8 Å². The SMILES string of the molecule is Cc1nc2c(N=Nc3ccccn3)ccc([O-])c2cc1C(=O)OC(C)C.Cc1nc2c(N=Nc3ccccn3)ccc([O-])c2cc1C(=O)OC(C)C.[Ni].